The van der Waals surface area contributed by atoms with E-state index >= 15 is 0 Å². The number of likely N-dealkylation sites (tertiary alicyclic amines) is 1. The Bertz CT molecular complexity index is 414. The van der Waals surface area contributed by atoms with Crippen LogP contribution in [0, 0.1) is 5.92 Å². The normalized spacial score (nSPS) is 21.9. The minimum Gasteiger partial charge on any atom is -0.338 e. The van der Waals surface area contributed by atoms with Crippen molar-refractivity contribution >= 4 is 17.2 Å². The molecule has 100 valence electrons. The smallest absolute Gasteiger partial charge is 0.263 e. The fourth-order valence-corrected chi connectivity index (χ4v) is 3.38. The third kappa shape index (κ3) is 2.93. The molecular formula is C14H22N2OS. The fraction of sp³-hybridized carbons (Fsp3) is 0.643. The molecule has 0 spiro atoms. The maximum Gasteiger partial charge on any atom is 0.263 e. The van der Waals surface area contributed by atoms with Crippen molar-refractivity contribution in [2.45, 2.75) is 39.2 Å². The molecule has 1 aromatic heterocycles. The third-order valence-corrected chi connectivity index (χ3v) is 4.93. The molecule has 0 saturated carbocycles. The lowest BCUT2D eigenvalue weighted by atomic mass is 9.92. The zero-order valence-corrected chi connectivity index (χ0v) is 12.0. The van der Waals surface area contributed by atoms with Crippen molar-refractivity contribution in [1.29, 1.82) is 0 Å². The molecule has 1 aromatic rings. The van der Waals surface area contributed by atoms with Gasteiger partial charge in [0.05, 0.1) is 4.88 Å². The summed E-state index contributed by atoms with van der Waals surface area (Å²) in [5, 5.41) is 0. The molecule has 0 unspecified atom stereocenters. The highest BCUT2D eigenvalue weighted by Gasteiger charge is 2.26. The molecule has 4 heteroatoms. The second kappa shape index (κ2) is 5.85. The Morgan fingerprint density at radius 1 is 1.61 bits per heavy atom. The lowest BCUT2D eigenvalue weighted by Crippen LogP contribution is -2.44. The van der Waals surface area contributed by atoms with Crippen molar-refractivity contribution < 1.29 is 4.79 Å². The maximum absolute atomic E-state index is 12.4. The third-order valence-electron chi connectivity index (χ3n) is 3.71. The SMILES string of the molecule is CCc1ccc(C(=O)N2CCC[C@@H]([C@@H](C)N)C2)s1. The number of carbonyl (C=O) groups excluding carboxylic acids is 1. The van der Waals surface area contributed by atoms with Gasteiger partial charge < -0.3 is 10.6 Å². The Morgan fingerprint density at radius 2 is 2.39 bits per heavy atom. The van der Waals surface area contributed by atoms with E-state index in [4.69, 9.17) is 5.73 Å². The van der Waals surface area contributed by atoms with Gasteiger partial charge in [0.2, 0.25) is 0 Å². The average molecular weight is 266 g/mol. The van der Waals surface area contributed by atoms with E-state index in [1.54, 1.807) is 11.3 Å². The first-order valence-electron chi connectivity index (χ1n) is 6.75. The molecule has 1 aliphatic heterocycles. The van der Waals surface area contributed by atoms with Gasteiger partial charge in [-0.1, -0.05) is 6.92 Å². The largest absolute Gasteiger partial charge is 0.338 e. The number of amides is 1. The van der Waals surface area contributed by atoms with Gasteiger partial charge in [0, 0.05) is 24.0 Å². The van der Waals surface area contributed by atoms with E-state index < -0.39 is 0 Å². The second-order valence-corrected chi connectivity index (χ2v) is 6.30. The number of hydrogen-bond donors (Lipinski definition) is 1. The van der Waals surface area contributed by atoms with Crippen LogP contribution in [0.3, 0.4) is 0 Å². The summed E-state index contributed by atoms with van der Waals surface area (Å²) in [5.74, 6) is 0.637. The summed E-state index contributed by atoms with van der Waals surface area (Å²) in [6.45, 7) is 5.85. The molecule has 0 aromatic carbocycles. The standard InChI is InChI=1S/C14H22N2OS/c1-3-12-6-7-13(18-12)14(17)16-8-4-5-11(9-16)10(2)15/h6-7,10-11H,3-5,8-9,15H2,1-2H3/t10-,11-/m1/s1. The van der Waals surface area contributed by atoms with E-state index in [1.807, 2.05) is 17.9 Å². The number of thiophene rings is 1. The van der Waals surface area contributed by atoms with Crippen LogP contribution in [0.2, 0.25) is 0 Å². The molecule has 2 atom stereocenters. The van der Waals surface area contributed by atoms with Gasteiger partial charge in [-0.3, -0.25) is 4.79 Å². The monoisotopic (exact) mass is 266 g/mol. The van der Waals surface area contributed by atoms with Crippen LogP contribution in [-0.4, -0.2) is 29.9 Å². The summed E-state index contributed by atoms with van der Waals surface area (Å²) in [7, 11) is 0. The summed E-state index contributed by atoms with van der Waals surface area (Å²) in [6, 6.07) is 4.20. The Labute approximate surface area is 113 Å². The van der Waals surface area contributed by atoms with Crippen LogP contribution >= 0.6 is 11.3 Å². The fourth-order valence-electron chi connectivity index (χ4n) is 2.46. The first-order valence-corrected chi connectivity index (χ1v) is 7.57. The Hall–Kier alpha value is -0.870. The van der Waals surface area contributed by atoms with Gasteiger partial charge in [0.15, 0.2) is 0 Å². The maximum atomic E-state index is 12.4. The molecule has 2 N–H and O–H groups in total. The van der Waals surface area contributed by atoms with Crippen LogP contribution in [0.4, 0.5) is 0 Å². The minimum absolute atomic E-state index is 0.176. The van der Waals surface area contributed by atoms with Gasteiger partial charge in [0.25, 0.3) is 5.91 Å². The lowest BCUT2D eigenvalue weighted by molar-refractivity contribution is 0.0666. The minimum atomic E-state index is 0.176. The Morgan fingerprint density at radius 3 is 3.00 bits per heavy atom. The summed E-state index contributed by atoms with van der Waals surface area (Å²) < 4.78 is 0. The van der Waals surface area contributed by atoms with Gasteiger partial charge in [-0.05, 0) is 44.2 Å². The number of aryl methyl sites for hydroxylation is 1. The molecule has 1 aliphatic rings. The van der Waals surface area contributed by atoms with Gasteiger partial charge in [-0.2, -0.15) is 0 Å². The van der Waals surface area contributed by atoms with Crippen molar-refractivity contribution in [2.75, 3.05) is 13.1 Å². The van der Waals surface area contributed by atoms with E-state index in [0.29, 0.717) is 5.92 Å². The van der Waals surface area contributed by atoms with Crippen molar-refractivity contribution in [1.82, 2.24) is 4.90 Å². The van der Waals surface area contributed by atoms with Crippen molar-refractivity contribution in [2.24, 2.45) is 11.7 Å². The zero-order chi connectivity index (χ0) is 13.1. The van der Waals surface area contributed by atoms with Crippen LogP contribution in [0.5, 0.6) is 0 Å². The van der Waals surface area contributed by atoms with E-state index in [1.165, 1.54) is 4.88 Å². The highest BCUT2D eigenvalue weighted by atomic mass is 32.1. The number of piperidine rings is 1. The predicted molar refractivity (Wildman–Crippen MR) is 76.0 cm³/mol. The van der Waals surface area contributed by atoms with Crippen LogP contribution < -0.4 is 5.73 Å². The Kier molecular flexibility index (Phi) is 4.40. The topological polar surface area (TPSA) is 46.3 Å². The van der Waals surface area contributed by atoms with Crippen molar-refractivity contribution in [3.63, 3.8) is 0 Å². The highest BCUT2D eigenvalue weighted by Crippen LogP contribution is 2.23. The first kappa shape index (κ1) is 13.6. The highest BCUT2D eigenvalue weighted by molar-refractivity contribution is 7.14. The molecule has 3 nitrogen and oxygen atoms in total. The quantitative estimate of drug-likeness (QED) is 0.913. The van der Waals surface area contributed by atoms with Crippen LogP contribution in [0.15, 0.2) is 12.1 Å². The van der Waals surface area contributed by atoms with E-state index in [-0.39, 0.29) is 11.9 Å². The summed E-state index contributed by atoms with van der Waals surface area (Å²) in [4.78, 5) is 16.5. The van der Waals surface area contributed by atoms with Crippen LogP contribution in [-0.2, 0) is 6.42 Å². The number of rotatable bonds is 3. The molecule has 0 radical (unpaired) electrons. The van der Waals surface area contributed by atoms with Gasteiger partial charge in [0.1, 0.15) is 0 Å². The molecule has 0 bridgehead atoms. The molecule has 18 heavy (non-hydrogen) atoms. The summed E-state index contributed by atoms with van der Waals surface area (Å²) >= 11 is 1.62. The number of nitrogens with two attached hydrogens (primary N) is 1. The Balaban J connectivity index is 2.04. The molecule has 2 rings (SSSR count). The molecule has 1 fully saturated rings. The van der Waals surface area contributed by atoms with Crippen LogP contribution in [0.25, 0.3) is 0 Å². The zero-order valence-electron chi connectivity index (χ0n) is 11.2. The van der Waals surface area contributed by atoms with E-state index in [2.05, 4.69) is 13.0 Å². The second-order valence-electron chi connectivity index (χ2n) is 5.13. The van der Waals surface area contributed by atoms with Gasteiger partial charge >= 0.3 is 0 Å². The van der Waals surface area contributed by atoms with Gasteiger partial charge in [-0.15, -0.1) is 11.3 Å². The van der Waals surface area contributed by atoms with E-state index in [9.17, 15) is 4.79 Å². The first-order chi connectivity index (χ1) is 8.61. The summed E-state index contributed by atoms with van der Waals surface area (Å²) in [6.07, 6.45) is 3.22. The number of hydrogen-bond acceptors (Lipinski definition) is 3. The predicted octanol–water partition coefficient (Wildman–Crippen LogP) is 2.51. The lowest BCUT2D eigenvalue weighted by Gasteiger charge is -2.34. The average Bonchev–Trinajstić information content (AvgIpc) is 2.86. The van der Waals surface area contributed by atoms with Gasteiger partial charge in [-0.25, -0.2) is 0 Å². The molecule has 2 heterocycles. The van der Waals surface area contributed by atoms with E-state index in [0.717, 1.165) is 37.2 Å². The van der Waals surface area contributed by atoms with Crippen molar-refractivity contribution in [3.8, 4) is 0 Å². The molecule has 0 aliphatic carbocycles. The molecule has 1 saturated heterocycles. The van der Waals surface area contributed by atoms with Crippen molar-refractivity contribution in [3.05, 3.63) is 21.9 Å². The summed E-state index contributed by atoms with van der Waals surface area (Å²) in [5.41, 5.74) is 5.96. The number of carbonyl (C=O) groups is 1. The van der Waals surface area contributed by atoms with Crippen LogP contribution in [0.1, 0.15) is 41.2 Å². The molecular weight excluding hydrogens is 244 g/mol. The number of nitrogens with zero attached hydrogens (tertiary/aromatic N) is 1. The molecule has 1 amide bonds.